The molecule has 30 heavy (non-hydrogen) atoms. The molecular weight excluding hydrogens is 372 g/mol. The van der Waals surface area contributed by atoms with E-state index >= 15 is 0 Å². The summed E-state index contributed by atoms with van der Waals surface area (Å²) in [6, 6.07) is 16.0. The summed E-state index contributed by atoms with van der Waals surface area (Å²) in [7, 11) is 0. The van der Waals surface area contributed by atoms with Crippen molar-refractivity contribution in [2.45, 2.75) is 39.2 Å². The lowest BCUT2D eigenvalue weighted by Crippen LogP contribution is -2.26. The summed E-state index contributed by atoms with van der Waals surface area (Å²) in [4.78, 5) is 24.4. The van der Waals surface area contributed by atoms with Gasteiger partial charge in [-0.05, 0) is 49.4 Å². The molecule has 1 fully saturated rings. The molecule has 5 nitrogen and oxygen atoms in total. The van der Waals surface area contributed by atoms with Crippen LogP contribution in [0.4, 0.5) is 5.82 Å². The van der Waals surface area contributed by atoms with Crippen molar-refractivity contribution in [3.05, 3.63) is 77.6 Å². The highest BCUT2D eigenvalue weighted by Crippen LogP contribution is 2.29. The maximum absolute atomic E-state index is 12.9. The van der Waals surface area contributed by atoms with Gasteiger partial charge in [0.25, 0.3) is 5.91 Å². The Kier molecular flexibility index (Phi) is 6.07. The van der Waals surface area contributed by atoms with E-state index in [-0.39, 0.29) is 11.9 Å². The second-order valence-electron chi connectivity index (χ2n) is 7.79. The lowest BCUT2D eigenvalue weighted by molar-refractivity contribution is 0.0940. The van der Waals surface area contributed by atoms with Crippen molar-refractivity contribution >= 4 is 11.7 Å². The second-order valence-corrected chi connectivity index (χ2v) is 7.79. The number of anilines is 1. The van der Waals surface area contributed by atoms with E-state index in [0.29, 0.717) is 5.56 Å². The second kappa shape index (κ2) is 9.08. The average Bonchev–Trinajstić information content (AvgIpc) is 3.34. The zero-order chi connectivity index (χ0) is 20.9. The Labute approximate surface area is 178 Å². The summed E-state index contributed by atoms with van der Waals surface area (Å²) in [5.74, 6) is 0.812. The molecule has 1 aromatic heterocycles. The number of aromatic nitrogens is 2. The largest absolute Gasteiger partial charge is 0.355 e. The van der Waals surface area contributed by atoms with E-state index in [1.165, 1.54) is 18.4 Å². The van der Waals surface area contributed by atoms with Gasteiger partial charge in [-0.15, -0.1) is 0 Å². The quantitative estimate of drug-likeness (QED) is 0.646. The number of hydrogen-bond acceptors (Lipinski definition) is 4. The Morgan fingerprint density at radius 3 is 2.53 bits per heavy atom. The summed E-state index contributed by atoms with van der Waals surface area (Å²) >= 11 is 0. The summed E-state index contributed by atoms with van der Waals surface area (Å²) in [5, 5.41) is 3.11. The first-order valence-corrected chi connectivity index (χ1v) is 10.7. The van der Waals surface area contributed by atoms with Gasteiger partial charge in [-0.25, -0.2) is 4.98 Å². The third kappa shape index (κ3) is 4.35. The SMILES string of the molecule is CCc1ccc([C@H](C)NC(=O)c2cccc(-c3nccnc3N3CCCC3)c2)cc1. The highest BCUT2D eigenvalue weighted by molar-refractivity contribution is 5.96. The molecule has 1 N–H and O–H groups in total. The Balaban J connectivity index is 1.54. The summed E-state index contributed by atoms with van der Waals surface area (Å²) in [6.45, 7) is 6.15. The Morgan fingerprint density at radius 1 is 1.07 bits per heavy atom. The van der Waals surface area contributed by atoms with E-state index in [0.717, 1.165) is 42.1 Å². The van der Waals surface area contributed by atoms with Gasteiger partial charge in [0, 0.05) is 36.6 Å². The van der Waals surface area contributed by atoms with E-state index in [9.17, 15) is 4.79 Å². The van der Waals surface area contributed by atoms with E-state index in [4.69, 9.17) is 0 Å². The number of nitrogens with zero attached hydrogens (tertiary/aromatic N) is 3. The summed E-state index contributed by atoms with van der Waals surface area (Å²) in [6.07, 6.45) is 6.81. The van der Waals surface area contributed by atoms with Crippen LogP contribution in [0.15, 0.2) is 60.9 Å². The number of amides is 1. The van der Waals surface area contributed by atoms with Crippen LogP contribution in [0.3, 0.4) is 0 Å². The Hall–Kier alpha value is -3.21. The lowest BCUT2D eigenvalue weighted by atomic mass is 10.0. The van der Waals surface area contributed by atoms with Gasteiger partial charge < -0.3 is 10.2 Å². The van der Waals surface area contributed by atoms with Crippen LogP contribution in [0.2, 0.25) is 0 Å². The van der Waals surface area contributed by atoms with Gasteiger partial charge >= 0.3 is 0 Å². The minimum atomic E-state index is -0.0875. The molecule has 0 spiro atoms. The van der Waals surface area contributed by atoms with Crippen molar-refractivity contribution < 1.29 is 4.79 Å². The van der Waals surface area contributed by atoms with Crippen molar-refractivity contribution in [1.82, 2.24) is 15.3 Å². The number of benzene rings is 2. The van der Waals surface area contributed by atoms with Gasteiger partial charge in [0.1, 0.15) is 5.69 Å². The first-order valence-electron chi connectivity index (χ1n) is 10.7. The summed E-state index contributed by atoms with van der Waals surface area (Å²) in [5.41, 5.74) is 4.77. The van der Waals surface area contributed by atoms with Crippen LogP contribution in [0.5, 0.6) is 0 Å². The third-order valence-corrected chi connectivity index (χ3v) is 5.72. The smallest absolute Gasteiger partial charge is 0.251 e. The number of nitrogens with one attached hydrogen (secondary N) is 1. The van der Waals surface area contributed by atoms with Gasteiger partial charge in [0.2, 0.25) is 0 Å². The van der Waals surface area contributed by atoms with Crippen LogP contribution in [0, 0.1) is 0 Å². The van der Waals surface area contributed by atoms with Crippen molar-refractivity contribution in [3.63, 3.8) is 0 Å². The molecule has 1 aliphatic rings. The number of rotatable bonds is 6. The molecule has 4 rings (SSSR count). The third-order valence-electron chi connectivity index (χ3n) is 5.72. The average molecular weight is 401 g/mol. The standard InChI is InChI=1S/C25H28N4O/c1-3-19-9-11-20(12-10-19)18(2)28-25(30)22-8-6-7-21(17-22)23-24(27-14-13-26-23)29-15-4-5-16-29/h6-14,17-18H,3-5,15-16H2,1-2H3,(H,28,30)/t18-/m0/s1. The van der Waals surface area contributed by atoms with Crippen LogP contribution in [-0.4, -0.2) is 29.0 Å². The molecule has 1 atom stereocenters. The molecule has 0 radical (unpaired) electrons. The van der Waals surface area contributed by atoms with Gasteiger partial charge in [0.05, 0.1) is 6.04 Å². The van der Waals surface area contributed by atoms with Crippen LogP contribution >= 0.6 is 0 Å². The number of hydrogen-bond donors (Lipinski definition) is 1. The minimum Gasteiger partial charge on any atom is -0.355 e. The van der Waals surface area contributed by atoms with Crippen LogP contribution in [-0.2, 0) is 6.42 Å². The normalized spacial score (nSPS) is 14.5. The molecule has 0 aliphatic carbocycles. The van der Waals surface area contributed by atoms with E-state index < -0.39 is 0 Å². The molecular formula is C25H28N4O. The predicted molar refractivity (Wildman–Crippen MR) is 121 cm³/mol. The van der Waals surface area contributed by atoms with Gasteiger partial charge in [-0.1, -0.05) is 43.3 Å². The molecule has 154 valence electrons. The zero-order valence-electron chi connectivity index (χ0n) is 17.6. The molecule has 5 heteroatoms. The van der Waals surface area contributed by atoms with Gasteiger partial charge in [-0.3, -0.25) is 9.78 Å². The molecule has 2 aromatic carbocycles. The fourth-order valence-corrected chi connectivity index (χ4v) is 3.91. The fourth-order valence-electron chi connectivity index (χ4n) is 3.91. The molecule has 0 bridgehead atoms. The maximum Gasteiger partial charge on any atom is 0.251 e. The van der Waals surface area contributed by atoms with Crippen molar-refractivity contribution in [2.24, 2.45) is 0 Å². The van der Waals surface area contributed by atoms with Crippen LogP contribution in [0.25, 0.3) is 11.3 Å². The van der Waals surface area contributed by atoms with Crippen LogP contribution in [0.1, 0.15) is 54.2 Å². The minimum absolute atomic E-state index is 0.0660. The molecule has 0 saturated carbocycles. The van der Waals surface area contributed by atoms with E-state index in [1.54, 1.807) is 12.4 Å². The van der Waals surface area contributed by atoms with E-state index in [1.807, 2.05) is 31.2 Å². The number of aryl methyl sites for hydroxylation is 1. The number of carbonyl (C=O) groups excluding carboxylic acids is 1. The van der Waals surface area contributed by atoms with Crippen molar-refractivity contribution in [2.75, 3.05) is 18.0 Å². The zero-order valence-corrected chi connectivity index (χ0v) is 17.6. The van der Waals surface area contributed by atoms with Crippen molar-refractivity contribution in [3.8, 4) is 11.3 Å². The molecule has 2 heterocycles. The first-order chi connectivity index (χ1) is 14.7. The first kappa shape index (κ1) is 20.1. The topological polar surface area (TPSA) is 58.1 Å². The van der Waals surface area contributed by atoms with Gasteiger partial charge in [0.15, 0.2) is 5.82 Å². The lowest BCUT2D eigenvalue weighted by Gasteiger charge is -2.19. The molecule has 1 saturated heterocycles. The molecule has 0 unspecified atom stereocenters. The van der Waals surface area contributed by atoms with E-state index in [2.05, 4.69) is 51.4 Å². The Bertz CT molecular complexity index is 1010. The monoisotopic (exact) mass is 400 g/mol. The fraction of sp³-hybridized carbons (Fsp3) is 0.320. The molecule has 1 amide bonds. The highest BCUT2D eigenvalue weighted by Gasteiger charge is 2.19. The van der Waals surface area contributed by atoms with Crippen molar-refractivity contribution in [1.29, 1.82) is 0 Å². The van der Waals surface area contributed by atoms with Gasteiger partial charge in [-0.2, -0.15) is 0 Å². The molecule has 3 aromatic rings. The predicted octanol–water partition coefficient (Wildman–Crippen LogP) is 4.80. The highest BCUT2D eigenvalue weighted by atomic mass is 16.1. The Morgan fingerprint density at radius 2 is 1.80 bits per heavy atom. The molecule has 1 aliphatic heterocycles. The summed E-state index contributed by atoms with van der Waals surface area (Å²) < 4.78 is 0. The van der Waals surface area contributed by atoms with Crippen LogP contribution < -0.4 is 10.2 Å². The number of carbonyl (C=O) groups is 1. The maximum atomic E-state index is 12.9.